The van der Waals surface area contributed by atoms with Crippen molar-refractivity contribution < 1.29 is 4.74 Å². The number of anilines is 1. The molecular weight excluding hydrogens is 384 g/mol. The molecule has 4 rings (SSSR count). The Hall–Kier alpha value is -2.94. The van der Waals surface area contributed by atoms with Gasteiger partial charge in [-0.15, -0.1) is 0 Å². The van der Waals surface area contributed by atoms with Crippen LogP contribution in [0.15, 0.2) is 48.8 Å². The summed E-state index contributed by atoms with van der Waals surface area (Å²) < 4.78 is 5.14. The SMILES string of the molecule is CCN1CCN(c2nc(C#Cc3cncc(CCCOC)c3)cc3ccccc23)CC1. The molecule has 0 aliphatic carbocycles. The number of hydrogen-bond acceptors (Lipinski definition) is 5. The number of piperazine rings is 1. The van der Waals surface area contributed by atoms with Gasteiger partial charge >= 0.3 is 0 Å². The zero-order valence-electron chi connectivity index (χ0n) is 18.5. The first-order valence-electron chi connectivity index (χ1n) is 11.1. The lowest BCUT2D eigenvalue weighted by molar-refractivity contribution is 0.195. The van der Waals surface area contributed by atoms with Gasteiger partial charge in [0, 0.05) is 63.2 Å². The first kappa shape index (κ1) is 21.3. The molecule has 0 unspecified atom stereocenters. The van der Waals surface area contributed by atoms with Gasteiger partial charge in [-0.3, -0.25) is 4.98 Å². The summed E-state index contributed by atoms with van der Waals surface area (Å²) in [7, 11) is 1.73. The molecule has 1 aliphatic heterocycles. The largest absolute Gasteiger partial charge is 0.385 e. The van der Waals surface area contributed by atoms with Crippen molar-refractivity contribution in [3.63, 3.8) is 0 Å². The Balaban J connectivity index is 1.60. The number of methoxy groups -OCH3 is 1. The molecule has 5 heteroatoms. The molecule has 31 heavy (non-hydrogen) atoms. The molecule has 0 radical (unpaired) electrons. The van der Waals surface area contributed by atoms with Crippen LogP contribution in [-0.4, -0.2) is 61.3 Å². The van der Waals surface area contributed by atoms with Crippen LogP contribution < -0.4 is 4.90 Å². The summed E-state index contributed by atoms with van der Waals surface area (Å²) in [4.78, 5) is 14.2. The van der Waals surface area contributed by atoms with Crippen molar-refractivity contribution >= 4 is 16.6 Å². The second kappa shape index (κ2) is 10.4. The van der Waals surface area contributed by atoms with Crippen molar-refractivity contribution in [2.45, 2.75) is 19.8 Å². The fourth-order valence-corrected chi connectivity index (χ4v) is 4.01. The molecule has 0 amide bonds. The number of rotatable bonds is 6. The quantitative estimate of drug-likeness (QED) is 0.454. The lowest BCUT2D eigenvalue weighted by atomic mass is 10.1. The van der Waals surface area contributed by atoms with Crippen LogP contribution in [0.5, 0.6) is 0 Å². The second-order valence-corrected chi connectivity index (χ2v) is 7.90. The highest BCUT2D eigenvalue weighted by atomic mass is 16.5. The van der Waals surface area contributed by atoms with Crippen LogP contribution in [0.2, 0.25) is 0 Å². The molecule has 3 heterocycles. The molecule has 0 spiro atoms. The van der Waals surface area contributed by atoms with E-state index in [1.165, 1.54) is 16.3 Å². The Morgan fingerprint density at radius 3 is 2.68 bits per heavy atom. The number of aromatic nitrogens is 2. The highest BCUT2D eigenvalue weighted by molar-refractivity contribution is 5.93. The molecule has 1 saturated heterocycles. The smallest absolute Gasteiger partial charge is 0.138 e. The standard InChI is InChI=1S/C26H30N4O/c1-3-29-12-14-30(15-13-29)26-25-9-5-4-8-23(25)18-24(28-26)11-10-22-17-21(19-27-20-22)7-6-16-31-2/h4-5,8-9,17-20H,3,6-7,12-16H2,1-2H3. The number of pyridine rings is 2. The Morgan fingerprint density at radius 1 is 1.03 bits per heavy atom. The van der Waals surface area contributed by atoms with E-state index in [-0.39, 0.29) is 0 Å². The van der Waals surface area contributed by atoms with Gasteiger partial charge in [-0.25, -0.2) is 4.98 Å². The van der Waals surface area contributed by atoms with E-state index < -0.39 is 0 Å². The summed E-state index contributed by atoms with van der Waals surface area (Å²) in [6.07, 6.45) is 5.65. The maximum Gasteiger partial charge on any atom is 0.138 e. The third-order valence-corrected chi connectivity index (χ3v) is 5.78. The molecular formula is C26H30N4O. The maximum atomic E-state index is 5.14. The van der Waals surface area contributed by atoms with Crippen LogP contribution >= 0.6 is 0 Å². The summed E-state index contributed by atoms with van der Waals surface area (Å²) in [6, 6.07) is 12.7. The molecule has 0 atom stereocenters. The van der Waals surface area contributed by atoms with Crippen LogP contribution in [0.4, 0.5) is 5.82 Å². The zero-order chi connectivity index (χ0) is 21.5. The van der Waals surface area contributed by atoms with Crippen molar-refractivity contribution in [1.29, 1.82) is 0 Å². The highest BCUT2D eigenvalue weighted by Gasteiger charge is 2.19. The van der Waals surface area contributed by atoms with Gasteiger partial charge < -0.3 is 14.5 Å². The number of ether oxygens (including phenoxy) is 1. The molecule has 160 valence electrons. The molecule has 0 saturated carbocycles. The lowest BCUT2D eigenvalue weighted by Gasteiger charge is -2.35. The van der Waals surface area contributed by atoms with E-state index in [1.54, 1.807) is 7.11 Å². The molecule has 0 N–H and O–H groups in total. The van der Waals surface area contributed by atoms with E-state index in [0.717, 1.165) is 69.2 Å². The van der Waals surface area contributed by atoms with Gasteiger partial charge in [-0.2, -0.15) is 0 Å². The predicted molar refractivity (Wildman–Crippen MR) is 126 cm³/mol. The van der Waals surface area contributed by atoms with Crippen molar-refractivity contribution in [3.05, 3.63) is 65.6 Å². The molecule has 2 aromatic heterocycles. The molecule has 1 aliphatic rings. The number of hydrogen-bond donors (Lipinski definition) is 0. The predicted octanol–water partition coefficient (Wildman–Crippen LogP) is 3.75. The first-order valence-corrected chi connectivity index (χ1v) is 11.1. The van der Waals surface area contributed by atoms with Gasteiger partial charge in [-0.05, 0) is 48.4 Å². The molecule has 3 aromatic rings. The highest BCUT2D eigenvalue weighted by Crippen LogP contribution is 2.26. The molecule has 5 nitrogen and oxygen atoms in total. The first-order chi connectivity index (χ1) is 15.3. The van der Waals surface area contributed by atoms with Crippen molar-refractivity contribution in [1.82, 2.24) is 14.9 Å². The number of nitrogens with zero attached hydrogens (tertiary/aromatic N) is 4. The number of aryl methyl sites for hydroxylation is 1. The average Bonchev–Trinajstić information content (AvgIpc) is 2.83. The van der Waals surface area contributed by atoms with Gasteiger partial charge in [0.1, 0.15) is 11.5 Å². The van der Waals surface area contributed by atoms with Gasteiger partial charge in [-0.1, -0.05) is 37.1 Å². The Bertz CT molecular complexity index is 1080. The van der Waals surface area contributed by atoms with E-state index in [1.807, 2.05) is 12.4 Å². The summed E-state index contributed by atoms with van der Waals surface area (Å²) >= 11 is 0. The maximum absolute atomic E-state index is 5.14. The fourth-order valence-electron chi connectivity index (χ4n) is 4.01. The normalized spacial score (nSPS) is 14.5. The second-order valence-electron chi connectivity index (χ2n) is 7.90. The monoisotopic (exact) mass is 414 g/mol. The van der Waals surface area contributed by atoms with Crippen molar-refractivity contribution in [3.8, 4) is 11.8 Å². The third kappa shape index (κ3) is 5.41. The average molecular weight is 415 g/mol. The Labute approximate surface area is 185 Å². The van der Waals surface area contributed by atoms with E-state index in [9.17, 15) is 0 Å². The number of fused-ring (bicyclic) bond motifs is 1. The van der Waals surface area contributed by atoms with Crippen LogP contribution in [0.1, 0.15) is 30.2 Å². The third-order valence-electron chi connectivity index (χ3n) is 5.78. The van der Waals surface area contributed by atoms with Crippen molar-refractivity contribution in [2.24, 2.45) is 0 Å². The summed E-state index contributed by atoms with van der Waals surface area (Å²) in [5.74, 6) is 7.60. The molecule has 1 fully saturated rings. The summed E-state index contributed by atoms with van der Waals surface area (Å²) in [6.45, 7) is 8.22. The number of benzene rings is 1. The van der Waals surface area contributed by atoms with Crippen molar-refractivity contribution in [2.75, 3.05) is 51.3 Å². The van der Waals surface area contributed by atoms with Gasteiger partial charge in [0.05, 0.1) is 0 Å². The Kier molecular flexibility index (Phi) is 7.14. The van der Waals surface area contributed by atoms with Crippen LogP contribution in [-0.2, 0) is 11.2 Å². The fraction of sp³-hybridized carbons (Fsp3) is 0.385. The molecule has 0 bridgehead atoms. The minimum absolute atomic E-state index is 0.756. The van der Waals surface area contributed by atoms with Crippen LogP contribution in [0, 0.1) is 11.8 Å². The van der Waals surface area contributed by atoms with Crippen LogP contribution in [0.3, 0.4) is 0 Å². The zero-order valence-corrected chi connectivity index (χ0v) is 18.5. The number of likely N-dealkylation sites (N-methyl/N-ethyl adjacent to an activating group) is 1. The van der Waals surface area contributed by atoms with Gasteiger partial charge in [0.15, 0.2) is 0 Å². The lowest BCUT2D eigenvalue weighted by Crippen LogP contribution is -2.46. The minimum Gasteiger partial charge on any atom is -0.385 e. The summed E-state index contributed by atoms with van der Waals surface area (Å²) in [5.41, 5.74) is 2.91. The van der Waals surface area contributed by atoms with Crippen LogP contribution in [0.25, 0.3) is 10.8 Å². The summed E-state index contributed by atoms with van der Waals surface area (Å²) in [5, 5.41) is 2.38. The van der Waals surface area contributed by atoms with E-state index in [0.29, 0.717) is 0 Å². The van der Waals surface area contributed by atoms with E-state index >= 15 is 0 Å². The van der Waals surface area contributed by atoms with E-state index in [2.05, 4.69) is 69.9 Å². The molecule has 1 aromatic carbocycles. The van der Waals surface area contributed by atoms with E-state index in [4.69, 9.17) is 9.72 Å². The Morgan fingerprint density at radius 2 is 1.87 bits per heavy atom. The topological polar surface area (TPSA) is 41.5 Å². The van der Waals surface area contributed by atoms with Gasteiger partial charge in [0.2, 0.25) is 0 Å². The minimum atomic E-state index is 0.756. The van der Waals surface area contributed by atoms with Gasteiger partial charge in [0.25, 0.3) is 0 Å².